The van der Waals surface area contributed by atoms with E-state index in [1.807, 2.05) is 0 Å². The van der Waals surface area contributed by atoms with Gasteiger partial charge in [-0.2, -0.15) is 0 Å². The molecule has 22 heavy (non-hydrogen) atoms. The Morgan fingerprint density at radius 3 is 3.00 bits per heavy atom. The molecule has 0 aromatic carbocycles. The lowest BCUT2D eigenvalue weighted by atomic mass is 9.99. The summed E-state index contributed by atoms with van der Waals surface area (Å²) in [4.78, 5) is 29.1. The maximum atomic E-state index is 12.4. The highest BCUT2D eigenvalue weighted by Crippen LogP contribution is 2.27. The molecule has 3 rings (SSSR count). The van der Waals surface area contributed by atoms with Crippen LogP contribution in [0, 0.1) is 16.0 Å². The molecule has 8 heteroatoms. The minimum Gasteiger partial charge on any atom is -0.396 e. The molecule has 1 N–H and O–H groups in total. The molecule has 1 fully saturated rings. The monoisotopic (exact) mass is 304 g/mol. The van der Waals surface area contributed by atoms with Crippen LogP contribution >= 0.6 is 0 Å². The predicted octanol–water partition coefficient (Wildman–Crippen LogP) is 0.811. The summed E-state index contributed by atoms with van der Waals surface area (Å²) >= 11 is 0. The van der Waals surface area contributed by atoms with E-state index in [0.29, 0.717) is 18.7 Å². The van der Waals surface area contributed by atoms with Gasteiger partial charge in [-0.05, 0) is 30.9 Å². The second-order valence-electron chi connectivity index (χ2n) is 5.41. The number of hydrogen-bond acceptors (Lipinski definition) is 6. The zero-order valence-corrected chi connectivity index (χ0v) is 11.9. The van der Waals surface area contributed by atoms with Crippen LogP contribution in [0.5, 0.6) is 0 Å². The highest BCUT2D eigenvalue weighted by Gasteiger charge is 2.30. The number of anilines is 1. The van der Waals surface area contributed by atoms with Crippen molar-refractivity contribution >= 4 is 17.2 Å². The number of rotatable bonds is 3. The van der Waals surface area contributed by atoms with Crippen LogP contribution in [0.2, 0.25) is 0 Å². The Bertz CT molecular complexity index is 773. The summed E-state index contributed by atoms with van der Waals surface area (Å²) in [5.41, 5.74) is -0.821. The number of nitrogens with zero attached hydrogens (tertiary/aromatic N) is 4. The van der Waals surface area contributed by atoms with Crippen molar-refractivity contribution in [3.63, 3.8) is 0 Å². The first kappa shape index (κ1) is 14.5. The van der Waals surface area contributed by atoms with E-state index < -0.39 is 16.2 Å². The van der Waals surface area contributed by atoms with Crippen LogP contribution in [0.15, 0.2) is 29.2 Å². The molecule has 1 unspecified atom stereocenters. The first-order valence-corrected chi connectivity index (χ1v) is 7.13. The summed E-state index contributed by atoms with van der Waals surface area (Å²) in [6.45, 7) is 1.08. The number of fused-ring (bicyclic) bond motifs is 1. The van der Waals surface area contributed by atoms with Gasteiger partial charge in [-0.1, -0.05) is 6.07 Å². The van der Waals surface area contributed by atoms with Gasteiger partial charge in [-0.3, -0.25) is 19.3 Å². The Balaban J connectivity index is 2.17. The van der Waals surface area contributed by atoms with Gasteiger partial charge >= 0.3 is 11.2 Å². The second kappa shape index (κ2) is 5.72. The molecular formula is C14H16N4O4. The Labute approximate surface area is 125 Å². The maximum absolute atomic E-state index is 12.4. The van der Waals surface area contributed by atoms with Crippen molar-refractivity contribution in [3.05, 3.63) is 44.9 Å². The van der Waals surface area contributed by atoms with E-state index in [0.717, 1.165) is 12.8 Å². The van der Waals surface area contributed by atoms with Gasteiger partial charge in [0.2, 0.25) is 5.82 Å². The molecule has 0 bridgehead atoms. The van der Waals surface area contributed by atoms with Crippen molar-refractivity contribution < 1.29 is 10.0 Å². The lowest BCUT2D eigenvalue weighted by Crippen LogP contribution is -2.39. The van der Waals surface area contributed by atoms with Gasteiger partial charge in [-0.25, -0.2) is 4.98 Å². The molecule has 2 aromatic heterocycles. The molecule has 0 amide bonds. The Morgan fingerprint density at radius 1 is 1.45 bits per heavy atom. The molecule has 0 saturated carbocycles. The predicted molar refractivity (Wildman–Crippen MR) is 80.1 cm³/mol. The third kappa shape index (κ3) is 2.41. The lowest BCUT2D eigenvalue weighted by Gasteiger charge is -2.32. The Kier molecular flexibility index (Phi) is 3.76. The molecule has 1 aliphatic rings. The zero-order chi connectivity index (χ0) is 15.7. The SMILES string of the molecule is O=c1c([N+](=O)[O-])c(N2CCCC(CO)C2)nc2ccccn12. The molecule has 2 aromatic rings. The quantitative estimate of drug-likeness (QED) is 0.665. The average Bonchev–Trinajstić information content (AvgIpc) is 2.54. The van der Waals surface area contributed by atoms with E-state index in [9.17, 15) is 20.0 Å². The fourth-order valence-electron chi connectivity index (χ4n) is 2.85. The number of nitro groups is 1. The van der Waals surface area contributed by atoms with Crippen molar-refractivity contribution in [1.82, 2.24) is 9.38 Å². The van der Waals surface area contributed by atoms with Gasteiger partial charge in [0, 0.05) is 25.9 Å². The molecule has 1 atom stereocenters. The van der Waals surface area contributed by atoms with Gasteiger partial charge in [0.05, 0.1) is 4.92 Å². The van der Waals surface area contributed by atoms with Gasteiger partial charge in [0.15, 0.2) is 0 Å². The van der Waals surface area contributed by atoms with Crippen LogP contribution in [0.3, 0.4) is 0 Å². The van der Waals surface area contributed by atoms with Crippen LogP contribution < -0.4 is 10.5 Å². The second-order valence-corrected chi connectivity index (χ2v) is 5.41. The Hall–Kier alpha value is -2.48. The maximum Gasteiger partial charge on any atom is 0.376 e. The Morgan fingerprint density at radius 2 is 2.27 bits per heavy atom. The third-order valence-corrected chi connectivity index (χ3v) is 3.95. The van der Waals surface area contributed by atoms with E-state index in [-0.39, 0.29) is 18.3 Å². The molecule has 116 valence electrons. The highest BCUT2D eigenvalue weighted by molar-refractivity contribution is 5.61. The molecular weight excluding hydrogens is 288 g/mol. The van der Waals surface area contributed by atoms with Crippen molar-refractivity contribution in [2.45, 2.75) is 12.8 Å². The van der Waals surface area contributed by atoms with Crippen molar-refractivity contribution in [2.24, 2.45) is 5.92 Å². The van der Waals surface area contributed by atoms with Gasteiger partial charge in [0.1, 0.15) is 5.65 Å². The first-order chi connectivity index (χ1) is 10.6. The average molecular weight is 304 g/mol. The third-order valence-electron chi connectivity index (χ3n) is 3.95. The van der Waals surface area contributed by atoms with Crippen LogP contribution in [0.25, 0.3) is 5.65 Å². The normalized spacial score (nSPS) is 18.6. The van der Waals surface area contributed by atoms with Gasteiger partial charge in [0.25, 0.3) is 0 Å². The van der Waals surface area contributed by atoms with Crippen molar-refractivity contribution in [2.75, 3.05) is 24.6 Å². The summed E-state index contributed by atoms with van der Waals surface area (Å²) in [6.07, 6.45) is 3.14. The number of piperidine rings is 1. The molecule has 1 saturated heterocycles. The van der Waals surface area contributed by atoms with Crippen molar-refractivity contribution in [1.29, 1.82) is 0 Å². The van der Waals surface area contributed by atoms with E-state index in [4.69, 9.17) is 0 Å². The smallest absolute Gasteiger partial charge is 0.376 e. The molecule has 1 aliphatic heterocycles. The minimum absolute atomic E-state index is 0.0247. The molecule has 3 heterocycles. The number of hydrogen-bond donors (Lipinski definition) is 1. The minimum atomic E-state index is -0.684. The number of aliphatic hydroxyl groups is 1. The number of pyridine rings is 1. The standard InChI is InChI=1S/C14H16N4O4/c19-9-10-4-3-6-16(8-10)13-12(18(21)22)14(20)17-7-2-1-5-11(17)15-13/h1-2,5,7,10,19H,3-4,6,8-9H2. The fraction of sp³-hybridized carbons (Fsp3) is 0.429. The van der Waals surface area contributed by atoms with E-state index in [1.165, 1.54) is 10.6 Å². The molecule has 0 radical (unpaired) electrons. The van der Waals surface area contributed by atoms with E-state index >= 15 is 0 Å². The fourth-order valence-corrected chi connectivity index (χ4v) is 2.85. The molecule has 0 aliphatic carbocycles. The van der Waals surface area contributed by atoms with Gasteiger partial charge in [-0.15, -0.1) is 0 Å². The highest BCUT2D eigenvalue weighted by atomic mass is 16.6. The van der Waals surface area contributed by atoms with Crippen molar-refractivity contribution in [3.8, 4) is 0 Å². The topological polar surface area (TPSA) is 101 Å². The van der Waals surface area contributed by atoms with E-state index in [2.05, 4.69) is 4.98 Å². The first-order valence-electron chi connectivity index (χ1n) is 7.13. The summed E-state index contributed by atoms with van der Waals surface area (Å²) < 4.78 is 1.18. The zero-order valence-electron chi connectivity index (χ0n) is 11.9. The molecule has 8 nitrogen and oxygen atoms in total. The number of aromatic nitrogens is 2. The van der Waals surface area contributed by atoms with Crippen LogP contribution in [0.1, 0.15) is 12.8 Å². The number of aliphatic hydroxyl groups excluding tert-OH is 1. The van der Waals surface area contributed by atoms with Crippen LogP contribution in [-0.4, -0.2) is 39.1 Å². The van der Waals surface area contributed by atoms with Crippen LogP contribution in [-0.2, 0) is 0 Å². The molecule has 0 spiro atoms. The summed E-state index contributed by atoms with van der Waals surface area (Å²) in [6, 6.07) is 4.99. The summed E-state index contributed by atoms with van der Waals surface area (Å²) in [5, 5.41) is 20.7. The van der Waals surface area contributed by atoms with Gasteiger partial charge < -0.3 is 10.0 Å². The summed E-state index contributed by atoms with van der Waals surface area (Å²) in [7, 11) is 0. The van der Waals surface area contributed by atoms with E-state index in [1.54, 1.807) is 23.1 Å². The lowest BCUT2D eigenvalue weighted by molar-refractivity contribution is -0.385. The largest absolute Gasteiger partial charge is 0.396 e. The summed E-state index contributed by atoms with van der Waals surface area (Å²) in [5.74, 6) is 0.142. The van der Waals surface area contributed by atoms with Crippen LogP contribution in [0.4, 0.5) is 11.5 Å².